The summed E-state index contributed by atoms with van der Waals surface area (Å²) < 4.78 is 35.9. The first kappa shape index (κ1) is 28.6. The Morgan fingerprint density at radius 3 is 2.71 bits per heavy atom. The summed E-state index contributed by atoms with van der Waals surface area (Å²) in [6.07, 6.45) is 10.7. The van der Waals surface area contributed by atoms with E-state index in [0.717, 1.165) is 55.9 Å². The molecule has 220 valence electrons. The zero-order valence-electron chi connectivity index (χ0n) is 23.9. The number of benzene rings is 2. The molecule has 2 N–H and O–H groups in total. The van der Waals surface area contributed by atoms with Crippen LogP contribution in [0.5, 0.6) is 5.75 Å². The van der Waals surface area contributed by atoms with E-state index in [2.05, 4.69) is 39.2 Å². The van der Waals surface area contributed by atoms with Crippen LogP contribution in [0, 0.1) is 17.8 Å². The number of nitrogens with zero attached hydrogens (tertiary/aromatic N) is 1. The van der Waals surface area contributed by atoms with Gasteiger partial charge in [-0.15, -0.1) is 0 Å². The van der Waals surface area contributed by atoms with Gasteiger partial charge < -0.3 is 15.0 Å². The number of ether oxygens (including phenoxy) is 1. The topological polar surface area (TPSA) is 87.7 Å². The highest BCUT2D eigenvalue weighted by atomic mass is 35.5. The van der Waals surface area contributed by atoms with E-state index in [0.29, 0.717) is 30.7 Å². The molecule has 41 heavy (non-hydrogen) atoms. The number of allylic oxidation sites excluding steroid dienone is 1. The number of sulfonamides is 1. The molecular formula is C32H40ClN3O4S. The van der Waals surface area contributed by atoms with E-state index in [1.807, 2.05) is 19.9 Å². The molecule has 1 saturated carbocycles. The SMILES string of the molecule is CC(C)[C@@H]1NC/C=C/C[C@@H]2CC[C@H]2CN2C[C@@]3(CCCc4cc(Cl)ccc43)COc3ccc(cc32)S(=O)(=O)NC1=O. The summed E-state index contributed by atoms with van der Waals surface area (Å²) >= 11 is 6.39. The third-order valence-electron chi connectivity index (χ3n) is 9.59. The van der Waals surface area contributed by atoms with Crippen molar-refractivity contribution in [1.82, 2.24) is 10.0 Å². The first-order valence-electron chi connectivity index (χ1n) is 14.9. The predicted molar refractivity (Wildman–Crippen MR) is 162 cm³/mol. The van der Waals surface area contributed by atoms with Crippen LogP contribution in [0.25, 0.3) is 0 Å². The molecule has 4 atom stereocenters. The molecule has 2 aromatic rings. The van der Waals surface area contributed by atoms with E-state index in [1.54, 1.807) is 18.2 Å². The van der Waals surface area contributed by atoms with E-state index in [4.69, 9.17) is 16.3 Å². The Bertz CT molecular complexity index is 1460. The number of fused-ring (bicyclic) bond motifs is 4. The summed E-state index contributed by atoms with van der Waals surface area (Å²) in [6.45, 7) is 6.44. The summed E-state index contributed by atoms with van der Waals surface area (Å²) in [5, 5.41) is 3.98. The van der Waals surface area contributed by atoms with Crippen LogP contribution in [-0.4, -0.2) is 46.6 Å². The van der Waals surface area contributed by atoms with Gasteiger partial charge in [-0.1, -0.05) is 43.7 Å². The third-order valence-corrected chi connectivity index (χ3v) is 11.2. The molecule has 2 aliphatic heterocycles. The Kier molecular flexibility index (Phi) is 7.85. The van der Waals surface area contributed by atoms with Gasteiger partial charge in [-0.2, -0.15) is 0 Å². The van der Waals surface area contributed by atoms with Gasteiger partial charge in [0, 0.05) is 30.1 Å². The maximum atomic E-state index is 13.5. The Balaban J connectivity index is 1.42. The van der Waals surface area contributed by atoms with Crippen LogP contribution >= 0.6 is 11.6 Å². The smallest absolute Gasteiger partial charge is 0.264 e. The minimum absolute atomic E-state index is 0.0737. The molecule has 2 aromatic carbocycles. The average molecular weight is 598 g/mol. The quantitative estimate of drug-likeness (QED) is 0.439. The van der Waals surface area contributed by atoms with E-state index in [9.17, 15) is 13.2 Å². The van der Waals surface area contributed by atoms with Gasteiger partial charge in [0.15, 0.2) is 0 Å². The van der Waals surface area contributed by atoms with E-state index in [1.165, 1.54) is 17.5 Å². The van der Waals surface area contributed by atoms with Gasteiger partial charge in [0.25, 0.3) is 15.9 Å². The first-order chi connectivity index (χ1) is 19.6. The predicted octanol–water partition coefficient (Wildman–Crippen LogP) is 5.22. The lowest BCUT2D eigenvalue weighted by molar-refractivity contribution is -0.122. The summed E-state index contributed by atoms with van der Waals surface area (Å²) in [7, 11) is -4.09. The van der Waals surface area contributed by atoms with Crippen molar-refractivity contribution >= 4 is 33.2 Å². The summed E-state index contributed by atoms with van der Waals surface area (Å²) in [4.78, 5) is 15.6. The molecule has 4 aliphatic rings. The highest BCUT2D eigenvalue weighted by Gasteiger charge is 2.43. The van der Waals surface area contributed by atoms with Crippen LogP contribution in [0.3, 0.4) is 0 Å². The number of carbonyl (C=O) groups is 1. The molecule has 0 radical (unpaired) electrons. The van der Waals surface area contributed by atoms with E-state index in [-0.39, 0.29) is 16.2 Å². The van der Waals surface area contributed by atoms with Gasteiger partial charge in [0.05, 0.1) is 23.2 Å². The molecule has 6 rings (SSSR count). The lowest BCUT2D eigenvalue weighted by atomic mass is 9.69. The number of halogens is 1. The number of amides is 1. The van der Waals surface area contributed by atoms with Crippen molar-refractivity contribution < 1.29 is 17.9 Å². The number of aryl methyl sites for hydroxylation is 1. The fourth-order valence-corrected chi connectivity index (χ4v) is 8.39. The van der Waals surface area contributed by atoms with Gasteiger partial charge in [0.1, 0.15) is 5.75 Å². The van der Waals surface area contributed by atoms with Crippen molar-refractivity contribution in [3.63, 3.8) is 0 Å². The van der Waals surface area contributed by atoms with Crippen LogP contribution < -0.4 is 19.7 Å². The molecule has 9 heteroatoms. The van der Waals surface area contributed by atoms with Crippen molar-refractivity contribution in [3.8, 4) is 5.75 Å². The number of carbonyl (C=O) groups excluding carboxylic acids is 1. The molecule has 2 heterocycles. The molecule has 7 nitrogen and oxygen atoms in total. The van der Waals surface area contributed by atoms with Crippen molar-refractivity contribution in [3.05, 3.63) is 64.7 Å². The fraction of sp³-hybridized carbons (Fsp3) is 0.531. The minimum atomic E-state index is -4.09. The number of rotatable bonds is 1. The van der Waals surface area contributed by atoms with Gasteiger partial charge in [0.2, 0.25) is 0 Å². The second-order valence-electron chi connectivity index (χ2n) is 12.6. The summed E-state index contributed by atoms with van der Waals surface area (Å²) in [5.41, 5.74) is 3.12. The van der Waals surface area contributed by atoms with Crippen LogP contribution in [0.15, 0.2) is 53.4 Å². The summed E-state index contributed by atoms with van der Waals surface area (Å²) in [5.74, 6) is 1.16. The van der Waals surface area contributed by atoms with Gasteiger partial charge >= 0.3 is 0 Å². The monoisotopic (exact) mass is 597 g/mol. The molecule has 0 aromatic heterocycles. The third kappa shape index (κ3) is 5.63. The second kappa shape index (κ2) is 11.3. The molecule has 1 amide bonds. The van der Waals surface area contributed by atoms with Crippen LogP contribution in [-0.2, 0) is 26.7 Å². The molecule has 0 saturated heterocycles. The Labute approximate surface area is 248 Å². The highest BCUT2D eigenvalue weighted by Crippen LogP contribution is 2.46. The van der Waals surface area contributed by atoms with Crippen LogP contribution in [0.4, 0.5) is 5.69 Å². The van der Waals surface area contributed by atoms with Crippen molar-refractivity contribution in [2.24, 2.45) is 17.8 Å². The van der Waals surface area contributed by atoms with Crippen molar-refractivity contribution in [2.75, 3.05) is 31.1 Å². The Morgan fingerprint density at radius 2 is 1.93 bits per heavy atom. The zero-order chi connectivity index (χ0) is 28.8. The second-order valence-corrected chi connectivity index (χ2v) is 14.8. The maximum Gasteiger partial charge on any atom is 0.264 e. The van der Waals surface area contributed by atoms with E-state index >= 15 is 0 Å². The fourth-order valence-electron chi connectivity index (χ4n) is 7.17. The number of hydrogen-bond acceptors (Lipinski definition) is 6. The lowest BCUT2D eigenvalue weighted by Gasteiger charge is -2.44. The highest BCUT2D eigenvalue weighted by molar-refractivity contribution is 7.90. The van der Waals surface area contributed by atoms with Gasteiger partial charge in [-0.05, 0) is 97.7 Å². The van der Waals surface area contributed by atoms with Gasteiger partial charge in [-0.3, -0.25) is 4.79 Å². The normalized spacial score (nSPS) is 30.3. The summed E-state index contributed by atoms with van der Waals surface area (Å²) in [6, 6.07) is 10.6. The largest absolute Gasteiger partial charge is 0.490 e. The van der Waals surface area contributed by atoms with Crippen molar-refractivity contribution in [2.45, 2.75) is 68.7 Å². The number of nitrogens with one attached hydrogen (secondary N) is 2. The standard InChI is InChI=1S/C32H40ClN3O4S/c1-21(2)30-31(37)35-41(38,39)26-11-13-29-28(17-26)36(18-24-9-8-22(24)6-3-4-15-34-30)19-32(20-40-29)14-5-7-23-16-25(33)10-12-27(23)32/h3-4,10-13,16-17,21-22,24,30,34H,5-9,14-15,18-20H2,1-2H3,(H,35,37)/b4-3+/t22-,24+,30+,32+/m1/s1. The lowest BCUT2D eigenvalue weighted by Crippen LogP contribution is -2.49. The van der Waals surface area contributed by atoms with Crippen LogP contribution in [0.1, 0.15) is 57.1 Å². The molecule has 2 bridgehead atoms. The molecule has 1 spiro atoms. The van der Waals surface area contributed by atoms with Crippen molar-refractivity contribution in [1.29, 1.82) is 0 Å². The Morgan fingerprint density at radius 1 is 1.10 bits per heavy atom. The van der Waals surface area contributed by atoms with Gasteiger partial charge in [-0.25, -0.2) is 13.1 Å². The first-order valence-corrected chi connectivity index (χ1v) is 16.8. The zero-order valence-corrected chi connectivity index (χ0v) is 25.4. The Hall–Kier alpha value is -2.55. The number of hydrogen-bond donors (Lipinski definition) is 2. The molecular weight excluding hydrogens is 558 g/mol. The maximum absolute atomic E-state index is 13.5. The average Bonchev–Trinajstić information content (AvgIpc) is 3.06. The number of anilines is 1. The molecule has 1 fully saturated rings. The minimum Gasteiger partial charge on any atom is -0.490 e. The van der Waals surface area contributed by atoms with E-state index < -0.39 is 22.0 Å². The molecule has 0 unspecified atom stereocenters. The molecule has 2 aliphatic carbocycles. The van der Waals surface area contributed by atoms with Crippen LogP contribution in [0.2, 0.25) is 5.02 Å².